The molecule has 1 aromatic carbocycles. The summed E-state index contributed by atoms with van der Waals surface area (Å²) in [5.41, 5.74) is 1.90. The fourth-order valence-corrected chi connectivity index (χ4v) is 2.61. The minimum absolute atomic E-state index is 0.00236. The zero-order valence-corrected chi connectivity index (χ0v) is 11.5. The predicted octanol–water partition coefficient (Wildman–Crippen LogP) is 3.52. The summed E-state index contributed by atoms with van der Waals surface area (Å²) in [6.07, 6.45) is 1.82. The quantitative estimate of drug-likeness (QED) is 0.792. The Morgan fingerprint density at radius 1 is 1.16 bits per heavy atom. The van der Waals surface area contributed by atoms with Crippen molar-refractivity contribution in [2.75, 3.05) is 11.9 Å². The van der Waals surface area contributed by atoms with Gasteiger partial charge in [-0.3, -0.25) is 4.79 Å². The molecule has 0 radical (unpaired) electrons. The van der Waals surface area contributed by atoms with Gasteiger partial charge in [-0.15, -0.1) is 11.3 Å². The highest BCUT2D eigenvalue weighted by Crippen LogP contribution is 2.31. The van der Waals surface area contributed by atoms with Gasteiger partial charge in [-0.2, -0.15) is 0 Å². The second-order valence-electron chi connectivity index (χ2n) is 4.25. The van der Waals surface area contributed by atoms with Crippen molar-refractivity contribution in [1.29, 1.82) is 0 Å². The number of aliphatic hydroxyl groups is 1. The normalized spacial score (nSPS) is 10.4. The summed E-state index contributed by atoms with van der Waals surface area (Å²) < 4.78 is 0. The van der Waals surface area contributed by atoms with Crippen molar-refractivity contribution in [2.24, 2.45) is 0 Å². The van der Waals surface area contributed by atoms with Crippen molar-refractivity contribution in [2.45, 2.75) is 19.3 Å². The first-order valence-electron chi connectivity index (χ1n) is 6.35. The van der Waals surface area contributed by atoms with Crippen LogP contribution in [0.1, 0.15) is 19.3 Å². The second kappa shape index (κ2) is 7.07. The molecule has 0 aliphatic heterocycles. The third kappa shape index (κ3) is 3.91. The summed E-state index contributed by atoms with van der Waals surface area (Å²) in [5.74, 6) is -0.00236. The van der Waals surface area contributed by atoms with Crippen molar-refractivity contribution >= 4 is 22.9 Å². The van der Waals surface area contributed by atoms with Crippen molar-refractivity contribution in [3.05, 3.63) is 41.8 Å². The van der Waals surface area contributed by atoms with Crippen LogP contribution in [-0.2, 0) is 4.79 Å². The first kappa shape index (κ1) is 13.8. The van der Waals surface area contributed by atoms with E-state index in [1.54, 1.807) is 11.3 Å². The molecule has 0 fully saturated rings. The minimum Gasteiger partial charge on any atom is -0.396 e. The zero-order chi connectivity index (χ0) is 13.5. The van der Waals surface area contributed by atoms with Crippen LogP contribution in [-0.4, -0.2) is 17.6 Å². The molecule has 0 spiro atoms. The number of carbonyl (C=O) groups excluding carboxylic acids is 1. The van der Waals surface area contributed by atoms with E-state index in [0.29, 0.717) is 19.3 Å². The van der Waals surface area contributed by atoms with E-state index in [1.165, 1.54) is 0 Å². The van der Waals surface area contributed by atoms with Gasteiger partial charge in [-0.25, -0.2) is 0 Å². The lowest BCUT2D eigenvalue weighted by Crippen LogP contribution is -2.11. The van der Waals surface area contributed by atoms with Crippen molar-refractivity contribution in [1.82, 2.24) is 0 Å². The summed E-state index contributed by atoms with van der Waals surface area (Å²) in [6, 6.07) is 11.9. The molecule has 0 saturated carbocycles. The van der Waals surface area contributed by atoms with Gasteiger partial charge in [0.25, 0.3) is 0 Å². The van der Waals surface area contributed by atoms with Crippen LogP contribution < -0.4 is 5.32 Å². The molecule has 1 heterocycles. The van der Waals surface area contributed by atoms with Crippen LogP contribution in [0.5, 0.6) is 0 Å². The zero-order valence-electron chi connectivity index (χ0n) is 10.6. The monoisotopic (exact) mass is 275 g/mol. The van der Waals surface area contributed by atoms with Gasteiger partial charge in [0, 0.05) is 29.2 Å². The van der Waals surface area contributed by atoms with E-state index in [9.17, 15) is 4.79 Å². The number of aliphatic hydroxyl groups excluding tert-OH is 1. The maximum absolute atomic E-state index is 11.8. The summed E-state index contributed by atoms with van der Waals surface area (Å²) in [4.78, 5) is 13.0. The number of nitrogens with one attached hydrogen (secondary N) is 1. The lowest BCUT2D eigenvalue weighted by Gasteiger charge is -2.09. The average Bonchev–Trinajstić information content (AvgIpc) is 2.93. The third-order valence-corrected chi connectivity index (χ3v) is 3.70. The Bertz CT molecular complexity index is 523. The number of hydrogen-bond acceptors (Lipinski definition) is 3. The number of hydrogen-bond donors (Lipinski definition) is 2. The highest BCUT2D eigenvalue weighted by atomic mass is 32.1. The number of amides is 1. The Balaban J connectivity index is 2.06. The molecular formula is C15H17NO2S. The molecular weight excluding hydrogens is 258 g/mol. The van der Waals surface area contributed by atoms with Gasteiger partial charge in [-0.1, -0.05) is 24.3 Å². The SMILES string of the molecule is O=C(CCCCO)Nc1ccccc1-c1cccs1. The molecule has 3 nitrogen and oxygen atoms in total. The topological polar surface area (TPSA) is 49.3 Å². The van der Waals surface area contributed by atoms with Crippen LogP contribution >= 0.6 is 11.3 Å². The van der Waals surface area contributed by atoms with Crippen LogP contribution in [0.4, 0.5) is 5.69 Å². The molecule has 19 heavy (non-hydrogen) atoms. The number of unbranched alkanes of at least 4 members (excludes halogenated alkanes) is 1. The molecule has 2 aromatic rings. The maximum atomic E-state index is 11.8. The molecule has 0 unspecified atom stereocenters. The van der Waals surface area contributed by atoms with E-state index in [-0.39, 0.29) is 12.5 Å². The van der Waals surface area contributed by atoms with Crippen LogP contribution in [0.3, 0.4) is 0 Å². The second-order valence-corrected chi connectivity index (χ2v) is 5.20. The molecule has 0 aliphatic rings. The van der Waals surface area contributed by atoms with E-state index < -0.39 is 0 Å². The Morgan fingerprint density at radius 2 is 2.00 bits per heavy atom. The van der Waals surface area contributed by atoms with Crippen LogP contribution in [0.25, 0.3) is 10.4 Å². The lowest BCUT2D eigenvalue weighted by molar-refractivity contribution is -0.116. The van der Waals surface area contributed by atoms with Crippen LogP contribution in [0.15, 0.2) is 41.8 Å². The van der Waals surface area contributed by atoms with Gasteiger partial charge in [0.15, 0.2) is 0 Å². The first-order chi connectivity index (χ1) is 9.31. The van der Waals surface area contributed by atoms with Crippen molar-refractivity contribution in [3.63, 3.8) is 0 Å². The Labute approximate surface area is 116 Å². The lowest BCUT2D eigenvalue weighted by atomic mass is 10.1. The highest BCUT2D eigenvalue weighted by molar-refractivity contribution is 7.13. The molecule has 1 amide bonds. The van der Waals surface area contributed by atoms with Crippen molar-refractivity contribution < 1.29 is 9.90 Å². The van der Waals surface area contributed by atoms with E-state index in [1.807, 2.05) is 41.8 Å². The van der Waals surface area contributed by atoms with Gasteiger partial charge in [0.2, 0.25) is 5.91 Å². The number of carbonyl (C=O) groups is 1. The Hall–Kier alpha value is -1.65. The van der Waals surface area contributed by atoms with Crippen molar-refractivity contribution in [3.8, 4) is 10.4 Å². The van der Waals surface area contributed by atoms with Gasteiger partial charge in [-0.05, 0) is 30.4 Å². The first-order valence-corrected chi connectivity index (χ1v) is 7.23. The standard InChI is InChI=1S/C15H17NO2S/c17-10-4-3-9-15(18)16-13-7-2-1-6-12(13)14-8-5-11-19-14/h1-2,5-8,11,17H,3-4,9-10H2,(H,16,18). The fraction of sp³-hybridized carbons (Fsp3) is 0.267. The van der Waals surface area contributed by atoms with Gasteiger partial charge < -0.3 is 10.4 Å². The van der Waals surface area contributed by atoms with E-state index in [2.05, 4.69) is 5.32 Å². The summed E-state index contributed by atoms with van der Waals surface area (Å²) in [6.45, 7) is 0.138. The highest BCUT2D eigenvalue weighted by Gasteiger charge is 2.08. The smallest absolute Gasteiger partial charge is 0.224 e. The number of thiophene rings is 1. The molecule has 2 N–H and O–H groups in total. The fourth-order valence-electron chi connectivity index (χ4n) is 1.85. The maximum Gasteiger partial charge on any atom is 0.224 e. The average molecular weight is 275 g/mol. The van der Waals surface area contributed by atoms with Gasteiger partial charge in [0.05, 0.1) is 0 Å². The third-order valence-electron chi connectivity index (χ3n) is 2.80. The number of anilines is 1. The van der Waals surface area contributed by atoms with Gasteiger partial charge >= 0.3 is 0 Å². The number of benzene rings is 1. The largest absolute Gasteiger partial charge is 0.396 e. The van der Waals surface area contributed by atoms with E-state index >= 15 is 0 Å². The summed E-state index contributed by atoms with van der Waals surface area (Å²) in [7, 11) is 0. The predicted molar refractivity (Wildman–Crippen MR) is 79.3 cm³/mol. The molecule has 0 aliphatic carbocycles. The van der Waals surface area contributed by atoms with E-state index in [0.717, 1.165) is 16.1 Å². The summed E-state index contributed by atoms with van der Waals surface area (Å²) >= 11 is 1.65. The minimum atomic E-state index is -0.00236. The molecule has 0 saturated heterocycles. The Kier molecular flexibility index (Phi) is 5.12. The molecule has 1 aromatic heterocycles. The molecule has 4 heteroatoms. The van der Waals surface area contributed by atoms with Gasteiger partial charge in [0.1, 0.15) is 0 Å². The number of para-hydroxylation sites is 1. The molecule has 100 valence electrons. The molecule has 0 atom stereocenters. The Morgan fingerprint density at radius 3 is 2.74 bits per heavy atom. The van der Waals surface area contributed by atoms with E-state index in [4.69, 9.17) is 5.11 Å². The number of rotatable bonds is 6. The van der Waals surface area contributed by atoms with Crippen LogP contribution in [0, 0.1) is 0 Å². The summed E-state index contributed by atoms with van der Waals surface area (Å²) in [5, 5.41) is 13.7. The molecule has 0 bridgehead atoms. The molecule has 2 rings (SSSR count). The van der Waals surface area contributed by atoms with Crippen LogP contribution in [0.2, 0.25) is 0 Å².